The summed E-state index contributed by atoms with van der Waals surface area (Å²) in [6, 6.07) is 5.67. The van der Waals surface area contributed by atoms with Gasteiger partial charge in [0.05, 0.1) is 4.90 Å². The molecule has 0 aliphatic carbocycles. The van der Waals surface area contributed by atoms with Gasteiger partial charge in [-0.05, 0) is 30.2 Å². The second-order valence-electron chi connectivity index (χ2n) is 5.73. The van der Waals surface area contributed by atoms with Crippen molar-refractivity contribution in [3.05, 3.63) is 24.3 Å². The second-order valence-corrected chi connectivity index (χ2v) is 7.75. The van der Waals surface area contributed by atoms with Crippen LogP contribution in [0.15, 0.2) is 29.2 Å². The number of piperidine rings is 1. The van der Waals surface area contributed by atoms with Crippen molar-refractivity contribution in [2.45, 2.75) is 24.7 Å². The van der Waals surface area contributed by atoms with Crippen molar-refractivity contribution in [1.82, 2.24) is 4.90 Å². The Morgan fingerprint density at radius 3 is 2.17 bits per heavy atom. The average Bonchev–Trinajstić information content (AvgIpc) is 2.42. The molecule has 8 heteroatoms. The van der Waals surface area contributed by atoms with Crippen LogP contribution in [0.1, 0.15) is 19.8 Å². The van der Waals surface area contributed by atoms with E-state index in [-0.39, 0.29) is 42.0 Å². The fourth-order valence-electron chi connectivity index (χ4n) is 2.33. The molecule has 1 heterocycles. The van der Waals surface area contributed by atoms with Crippen LogP contribution in [0.5, 0.6) is 0 Å². The Morgan fingerprint density at radius 1 is 1.17 bits per heavy atom. The quantitative estimate of drug-likeness (QED) is 0.819. The highest BCUT2D eigenvalue weighted by Gasteiger charge is 2.31. The Bertz CT molecular complexity index is 722. The molecule has 0 spiro atoms. The summed E-state index contributed by atoms with van der Waals surface area (Å²) in [4.78, 5) is 36.7. The van der Waals surface area contributed by atoms with Gasteiger partial charge in [-0.2, -0.15) is 0 Å². The third-order valence-corrected chi connectivity index (χ3v) is 4.64. The number of benzene rings is 1. The van der Waals surface area contributed by atoms with Gasteiger partial charge in [-0.15, -0.1) is 0 Å². The van der Waals surface area contributed by atoms with E-state index in [1.165, 1.54) is 24.3 Å². The summed E-state index contributed by atoms with van der Waals surface area (Å²) in [5.41, 5.74) is 0.396. The number of hydrogen-bond acceptors (Lipinski definition) is 5. The highest BCUT2D eigenvalue weighted by atomic mass is 32.2. The van der Waals surface area contributed by atoms with Gasteiger partial charge in [0.2, 0.25) is 17.7 Å². The number of anilines is 1. The lowest BCUT2D eigenvalue weighted by atomic mass is 9.98. The number of carbonyl (C=O) groups excluding carboxylic acids is 3. The van der Waals surface area contributed by atoms with E-state index in [4.69, 9.17) is 0 Å². The molecule has 0 bridgehead atoms. The van der Waals surface area contributed by atoms with Gasteiger partial charge in [-0.1, -0.05) is 6.92 Å². The summed E-state index contributed by atoms with van der Waals surface area (Å²) >= 11 is 0. The lowest BCUT2D eigenvalue weighted by molar-refractivity contribution is -0.151. The first-order valence-corrected chi connectivity index (χ1v) is 8.99. The summed E-state index contributed by atoms with van der Waals surface area (Å²) in [7, 11) is -3.30. The lowest BCUT2D eigenvalue weighted by Crippen LogP contribution is -2.46. The second kappa shape index (κ2) is 6.49. The third kappa shape index (κ3) is 4.38. The Kier molecular flexibility index (Phi) is 4.84. The van der Waals surface area contributed by atoms with E-state index in [0.717, 1.165) is 11.2 Å². The Hall–Kier alpha value is -2.22. The molecule has 3 amide bonds. The number of rotatable bonds is 4. The van der Waals surface area contributed by atoms with Crippen LogP contribution < -0.4 is 5.32 Å². The molecule has 1 aromatic rings. The van der Waals surface area contributed by atoms with Gasteiger partial charge >= 0.3 is 0 Å². The minimum Gasteiger partial charge on any atom is -0.325 e. The number of nitrogens with one attached hydrogen (secondary N) is 1. The predicted octanol–water partition coefficient (Wildman–Crippen LogP) is 0.814. The maximum atomic E-state index is 12.0. The van der Waals surface area contributed by atoms with E-state index < -0.39 is 15.7 Å². The fourth-order valence-corrected chi connectivity index (χ4v) is 2.96. The van der Waals surface area contributed by atoms with E-state index in [1.807, 2.05) is 6.92 Å². The maximum Gasteiger partial charge on any atom is 0.244 e. The van der Waals surface area contributed by atoms with Crippen LogP contribution in [0.4, 0.5) is 5.69 Å². The minimum absolute atomic E-state index is 0.00199. The van der Waals surface area contributed by atoms with E-state index in [9.17, 15) is 22.8 Å². The molecule has 0 unspecified atom stereocenters. The molecule has 0 saturated carbocycles. The predicted molar refractivity (Wildman–Crippen MR) is 83.3 cm³/mol. The van der Waals surface area contributed by atoms with Crippen molar-refractivity contribution in [1.29, 1.82) is 0 Å². The molecule has 124 valence electrons. The Balaban J connectivity index is 2.00. The van der Waals surface area contributed by atoms with Crippen LogP contribution in [0.3, 0.4) is 0 Å². The third-order valence-electron chi connectivity index (χ3n) is 3.52. The summed E-state index contributed by atoms with van der Waals surface area (Å²) in [6.07, 6.45) is 1.60. The van der Waals surface area contributed by atoms with Gasteiger partial charge in [0.15, 0.2) is 9.84 Å². The van der Waals surface area contributed by atoms with Gasteiger partial charge in [0.1, 0.15) is 6.54 Å². The van der Waals surface area contributed by atoms with Crippen LogP contribution >= 0.6 is 0 Å². The zero-order chi connectivity index (χ0) is 17.2. The van der Waals surface area contributed by atoms with Crippen molar-refractivity contribution < 1.29 is 22.8 Å². The first kappa shape index (κ1) is 17.1. The van der Waals surface area contributed by atoms with Gasteiger partial charge in [-0.25, -0.2) is 8.42 Å². The molecule has 0 atom stereocenters. The molecule has 7 nitrogen and oxygen atoms in total. The van der Waals surface area contributed by atoms with E-state index >= 15 is 0 Å². The molecule has 23 heavy (non-hydrogen) atoms. The molecular weight excluding hydrogens is 320 g/mol. The van der Waals surface area contributed by atoms with Gasteiger partial charge in [-0.3, -0.25) is 19.3 Å². The van der Waals surface area contributed by atoms with Crippen LogP contribution in [0.2, 0.25) is 0 Å². The van der Waals surface area contributed by atoms with Crippen molar-refractivity contribution in [2.75, 3.05) is 18.1 Å². The Labute approximate surface area is 134 Å². The normalized spacial score (nSPS) is 16.5. The van der Waals surface area contributed by atoms with Crippen LogP contribution in [-0.2, 0) is 24.2 Å². The van der Waals surface area contributed by atoms with Crippen molar-refractivity contribution in [2.24, 2.45) is 5.92 Å². The van der Waals surface area contributed by atoms with Crippen LogP contribution in [0, 0.1) is 5.92 Å². The molecule has 1 aliphatic heterocycles. The number of carbonyl (C=O) groups is 3. The summed E-state index contributed by atoms with van der Waals surface area (Å²) < 4.78 is 22.7. The van der Waals surface area contributed by atoms with Gasteiger partial charge < -0.3 is 5.32 Å². The van der Waals surface area contributed by atoms with Crippen LogP contribution in [0.25, 0.3) is 0 Å². The zero-order valence-corrected chi connectivity index (χ0v) is 13.7. The summed E-state index contributed by atoms with van der Waals surface area (Å²) in [6.45, 7) is 1.48. The molecule has 1 saturated heterocycles. The van der Waals surface area contributed by atoms with Crippen molar-refractivity contribution in [3.63, 3.8) is 0 Å². The highest BCUT2D eigenvalue weighted by Crippen LogP contribution is 2.19. The lowest BCUT2D eigenvalue weighted by Gasteiger charge is -2.27. The van der Waals surface area contributed by atoms with E-state index in [0.29, 0.717) is 5.69 Å². The highest BCUT2D eigenvalue weighted by molar-refractivity contribution is 7.90. The van der Waals surface area contributed by atoms with Gasteiger partial charge in [0.25, 0.3) is 0 Å². The van der Waals surface area contributed by atoms with E-state index in [1.54, 1.807) is 0 Å². The number of amides is 3. The SMILES string of the molecule is CC1CC(=O)N(CC(=O)Nc2ccc(S(C)(=O)=O)cc2)C(=O)C1. The monoisotopic (exact) mass is 338 g/mol. The zero-order valence-electron chi connectivity index (χ0n) is 12.9. The number of nitrogens with zero attached hydrogens (tertiary/aromatic N) is 1. The summed E-state index contributed by atoms with van der Waals surface area (Å²) in [5, 5.41) is 2.54. The molecule has 1 aromatic carbocycles. The van der Waals surface area contributed by atoms with Crippen molar-refractivity contribution in [3.8, 4) is 0 Å². The fraction of sp³-hybridized carbons (Fsp3) is 0.400. The maximum absolute atomic E-state index is 12.0. The smallest absolute Gasteiger partial charge is 0.244 e. The summed E-state index contributed by atoms with van der Waals surface area (Å²) in [5.74, 6) is -1.21. The average molecular weight is 338 g/mol. The Morgan fingerprint density at radius 2 is 1.70 bits per heavy atom. The number of sulfone groups is 1. The molecular formula is C15H18N2O5S. The molecule has 2 rings (SSSR count). The number of imide groups is 1. The first-order chi connectivity index (χ1) is 10.7. The first-order valence-electron chi connectivity index (χ1n) is 7.10. The number of hydrogen-bond donors (Lipinski definition) is 1. The topological polar surface area (TPSA) is 101 Å². The molecule has 1 aliphatic rings. The number of likely N-dealkylation sites (tertiary alicyclic amines) is 1. The molecule has 0 aromatic heterocycles. The van der Waals surface area contributed by atoms with Crippen LogP contribution in [-0.4, -0.2) is 43.8 Å². The molecule has 1 fully saturated rings. The van der Waals surface area contributed by atoms with E-state index in [2.05, 4.69) is 5.32 Å². The standard InChI is InChI=1S/C15H18N2O5S/c1-10-7-14(19)17(15(20)8-10)9-13(18)16-11-3-5-12(6-4-11)23(2,21)22/h3-6,10H,7-9H2,1-2H3,(H,16,18). The molecule has 1 N–H and O–H groups in total. The molecule has 0 radical (unpaired) electrons. The largest absolute Gasteiger partial charge is 0.325 e. The minimum atomic E-state index is -3.30. The van der Waals surface area contributed by atoms with Crippen molar-refractivity contribution >= 4 is 33.2 Å². The van der Waals surface area contributed by atoms with Gasteiger partial charge in [0, 0.05) is 24.8 Å².